The van der Waals surface area contributed by atoms with E-state index >= 15 is 0 Å². The highest BCUT2D eigenvalue weighted by Gasteiger charge is 2.10. The van der Waals surface area contributed by atoms with Crippen LogP contribution in [-0.2, 0) is 0 Å². The molecule has 88 valence electrons. The summed E-state index contributed by atoms with van der Waals surface area (Å²) in [6, 6.07) is 16.5. The molecule has 0 aliphatic carbocycles. The number of fused-ring (bicyclic) bond motifs is 4. The van der Waals surface area contributed by atoms with E-state index in [1.807, 2.05) is 12.1 Å². The Morgan fingerprint density at radius 1 is 0.947 bits per heavy atom. The van der Waals surface area contributed by atoms with Gasteiger partial charge in [-0.1, -0.05) is 47.4 Å². The molecule has 4 rings (SSSR count). The maximum absolute atomic E-state index is 6.35. The summed E-state index contributed by atoms with van der Waals surface area (Å²) in [6.45, 7) is 0. The summed E-state index contributed by atoms with van der Waals surface area (Å²) >= 11 is 8.06. The third-order valence-corrected chi connectivity index (χ3v) is 4.98. The minimum atomic E-state index is 0.769. The molecule has 0 bridgehead atoms. The molecule has 3 heteroatoms. The third kappa shape index (κ3) is 1.60. The second-order valence-electron chi connectivity index (χ2n) is 4.64. The highest BCUT2D eigenvalue weighted by atomic mass is 35.5. The SMILES string of the molecule is [B]c1ccc(Cl)c2c1sc1cc3ccccc3cc12. The summed E-state index contributed by atoms with van der Waals surface area (Å²) in [7, 11) is 6.07. The fourth-order valence-electron chi connectivity index (χ4n) is 2.54. The first-order valence-corrected chi connectivity index (χ1v) is 7.22. The normalized spacial score (nSPS) is 11.6. The molecule has 0 aliphatic heterocycles. The largest absolute Gasteiger partial charge is 0.136 e. The molecular weight excluding hydrogens is 271 g/mol. The zero-order valence-corrected chi connectivity index (χ0v) is 11.6. The molecule has 0 amide bonds. The van der Waals surface area contributed by atoms with E-state index in [9.17, 15) is 0 Å². The van der Waals surface area contributed by atoms with E-state index in [4.69, 9.17) is 19.4 Å². The van der Waals surface area contributed by atoms with Crippen molar-refractivity contribution < 1.29 is 0 Å². The molecule has 0 spiro atoms. The molecule has 3 aromatic carbocycles. The summed E-state index contributed by atoms with van der Waals surface area (Å²) < 4.78 is 2.31. The third-order valence-electron chi connectivity index (χ3n) is 3.47. The predicted octanol–water partition coefficient (Wildman–Crippen LogP) is 4.65. The smallest absolute Gasteiger partial charge is 0.115 e. The molecule has 4 aromatic rings. The molecule has 0 nitrogen and oxygen atoms in total. The van der Waals surface area contributed by atoms with E-state index in [-0.39, 0.29) is 0 Å². The topological polar surface area (TPSA) is 0 Å². The van der Waals surface area contributed by atoms with Gasteiger partial charge in [0.2, 0.25) is 0 Å². The Morgan fingerprint density at radius 2 is 1.68 bits per heavy atom. The Kier molecular flexibility index (Phi) is 2.38. The van der Waals surface area contributed by atoms with Gasteiger partial charge in [-0.15, -0.1) is 11.3 Å². The van der Waals surface area contributed by atoms with E-state index in [1.165, 1.54) is 20.9 Å². The lowest BCUT2D eigenvalue weighted by Crippen LogP contribution is -2.00. The molecule has 0 aliphatic rings. The summed E-state index contributed by atoms with van der Waals surface area (Å²) in [5.41, 5.74) is 0.796. The van der Waals surface area contributed by atoms with Crippen molar-refractivity contribution >= 4 is 67.2 Å². The van der Waals surface area contributed by atoms with Gasteiger partial charge in [0.1, 0.15) is 7.85 Å². The Morgan fingerprint density at radius 3 is 2.47 bits per heavy atom. The Hall–Kier alpha value is -1.51. The first-order valence-electron chi connectivity index (χ1n) is 6.03. The molecule has 0 saturated heterocycles. The highest BCUT2D eigenvalue weighted by Crippen LogP contribution is 2.38. The molecule has 2 radical (unpaired) electrons. The van der Waals surface area contributed by atoms with Gasteiger partial charge in [-0.05, 0) is 29.0 Å². The standard InChI is InChI=1S/C16H8BClS/c17-12-5-6-13(18)15-11-7-9-3-1-2-4-10(9)8-14(11)19-16(12)15/h1-8H. The molecule has 0 atom stereocenters. The minimum Gasteiger partial charge on any atom is -0.136 e. The van der Waals surface area contributed by atoms with Crippen LogP contribution in [0.15, 0.2) is 48.5 Å². The zero-order valence-electron chi connectivity index (χ0n) is 9.98. The van der Waals surface area contributed by atoms with Crippen LogP contribution < -0.4 is 5.46 Å². The molecule has 1 heterocycles. The van der Waals surface area contributed by atoms with E-state index < -0.39 is 0 Å². The summed E-state index contributed by atoms with van der Waals surface area (Å²) in [5, 5.41) is 5.51. The van der Waals surface area contributed by atoms with Crippen LogP contribution in [-0.4, -0.2) is 7.85 Å². The van der Waals surface area contributed by atoms with Crippen LogP contribution in [0.4, 0.5) is 0 Å². The van der Waals surface area contributed by atoms with Crippen LogP contribution in [0.25, 0.3) is 30.9 Å². The van der Waals surface area contributed by atoms with Gasteiger partial charge in [-0.25, -0.2) is 0 Å². The van der Waals surface area contributed by atoms with Crippen LogP contribution >= 0.6 is 22.9 Å². The van der Waals surface area contributed by atoms with Gasteiger partial charge in [-0.2, -0.15) is 0 Å². The quantitative estimate of drug-likeness (QED) is 0.411. The summed E-state index contributed by atoms with van der Waals surface area (Å²) in [6.07, 6.45) is 0. The summed E-state index contributed by atoms with van der Waals surface area (Å²) in [5.74, 6) is 0. The van der Waals surface area contributed by atoms with E-state index in [0.29, 0.717) is 0 Å². The first-order chi connectivity index (χ1) is 9.24. The monoisotopic (exact) mass is 278 g/mol. The lowest BCUT2D eigenvalue weighted by Gasteiger charge is -2.00. The number of hydrogen-bond acceptors (Lipinski definition) is 1. The van der Waals surface area contributed by atoms with Crippen molar-refractivity contribution in [3.05, 3.63) is 53.6 Å². The van der Waals surface area contributed by atoms with Gasteiger partial charge in [-0.3, -0.25) is 0 Å². The second-order valence-corrected chi connectivity index (χ2v) is 6.10. The Balaban J connectivity index is 2.30. The molecule has 0 unspecified atom stereocenters. The Labute approximate surface area is 121 Å². The van der Waals surface area contributed by atoms with Crippen molar-refractivity contribution in [2.24, 2.45) is 0 Å². The van der Waals surface area contributed by atoms with Crippen molar-refractivity contribution in [3.8, 4) is 0 Å². The zero-order chi connectivity index (χ0) is 13.0. The average Bonchev–Trinajstić information content (AvgIpc) is 2.80. The lowest BCUT2D eigenvalue weighted by atomic mass is 9.94. The summed E-state index contributed by atoms with van der Waals surface area (Å²) in [4.78, 5) is 0. The van der Waals surface area contributed by atoms with Crippen molar-refractivity contribution in [2.45, 2.75) is 0 Å². The van der Waals surface area contributed by atoms with Gasteiger partial charge in [0.25, 0.3) is 0 Å². The number of halogens is 1. The fraction of sp³-hybridized carbons (Fsp3) is 0. The lowest BCUT2D eigenvalue weighted by molar-refractivity contribution is 1.81. The van der Waals surface area contributed by atoms with Crippen molar-refractivity contribution in [2.75, 3.05) is 0 Å². The molecule has 0 fully saturated rings. The predicted molar refractivity (Wildman–Crippen MR) is 87.2 cm³/mol. The highest BCUT2D eigenvalue weighted by molar-refractivity contribution is 7.27. The van der Waals surface area contributed by atoms with Gasteiger partial charge < -0.3 is 0 Å². The van der Waals surface area contributed by atoms with Gasteiger partial charge in [0, 0.05) is 25.2 Å². The molecule has 0 N–H and O–H groups in total. The number of rotatable bonds is 0. The van der Waals surface area contributed by atoms with E-state index in [2.05, 4.69) is 36.4 Å². The van der Waals surface area contributed by atoms with E-state index in [1.54, 1.807) is 11.3 Å². The van der Waals surface area contributed by atoms with Crippen molar-refractivity contribution in [3.63, 3.8) is 0 Å². The second kappa shape index (κ2) is 3.99. The van der Waals surface area contributed by atoms with Crippen LogP contribution in [0.2, 0.25) is 5.02 Å². The van der Waals surface area contributed by atoms with E-state index in [0.717, 1.165) is 20.6 Å². The van der Waals surface area contributed by atoms with Crippen LogP contribution in [0, 0.1) is 0 Å². The van der Waals surface area contributed by atoms with Crippen LogP contribution in [0.1, 0.15) is 0 Å². The molecule has 1 aromatic heterocycles. The number of hydrogen-bond donors (Lipinski definition) is 0. The van der Waals surface area contributed by atoms with Gasteiger partial charge in [0.15, 0.2) is 0 Å². The number of benzene rings is 3. The maximum Gasteiger partial charge on any atom is 0.115 e. The first kappa shape index (κ1) is 11.3. The van der Waals surface area contributed by atoms with Crippen molar-refractivity contribution in [1.29, 1.82) is 0 Å². The van der Waals surface area contributed by atoms with Gasteiger partial charge in [0.05, 0.1) is 0 Å². The number of thiophene rings is 1. The average molecular weight is 279 g/mol. The fourth-order valence-corrected chi connectivity index (χ4v) is 4.04. The molecule has 0 saturated carbocycles. The maximum atomic E-state index is 6.35. The Bertz CT molecular complexity index is 940. The van der Waals surface area contributed by atoms with Crippen molar-refractivity contribution in [1.82, 2.24) is 0 Å². The van der Waals surface area contributed by atoms with Gasteiger partial charge >= 0.3 is 0 Å². The molecule has 19 heavy (non-hydrogen) atoms. The van der Waals surface area contributed by atoms with Crippen LogP contribution in [0.5, 0.6) is 0 Å². The van der Waals surface area contributed by atoms with Crippen LogP contribution in [0.3, 0.4) is 0 Å². The molecular formula is C16H8BClS. The minimum absolute atomic E-state index is 0.769.